The second kappa shape index (κ2) is 11.0. The Morgan fingerprint density at radius 1 is 1.08 bits per heavy atom. The molecule has 1 amide bonds. The molecule has 0 bridgehead atoms. The Kier molecular flexibility index (Phi) is 7.48. The van der Waals surface area contributed by atoms with Crippen LogP contribution in [0.4, 0.5) is 0 Å². The maximum absolute atomic E-state index is 13.6. The molecule has 2 aromatic carbocycles. The minimum Gasteiger partial charge on any atom is -0.387 e. The zero-order chi connectivity index (χ0) is 27.5. The number of aldehydes is 2. The zero-order valence-electron chi connectivity index (χ0n) is 22.2. The summed E-state index contributed by atoms with van der Waals surface area (Å²) in [6.45, 7) is 1.18. The normalized spacial score (nSPS) is 21.3. The predicted molar refractivity (Wildman–Crippen MR) is 150 cm³/mol. The van der Waals surface area contributed by atoms with E-state index in [2.05, 4.69) is 10.2 Å². The van der Waals surface area contributed by atoms with Crippen LogP contribution in [0.1, 0.15) is 48.2 Å². The van der Waals surface area contributed by atoms with E-state index in [1.54, 1.807) is 6.20 Å². The molecule has 1 saturated heterocycles. The number of benzene rings is 2. The van der Waals surface area contributed by atoms with Crippen LogP contribution in [0.2, 0.25) is 0 Å². The van der Waals surface area contributed by atoms with Gasteiger partial charge in [-0.1, -0.05) is 61.4 Å². The van der Waals surface area contributed by atoms with Crippen molar-refractivity contribution < 1.29 is 19.5 Å². The fourth-order valence-corrected chi connectivity index (χ4v) is 6.45. The number of para-hydroxylation sites is 1. The number of amides is 1. The standard InChI is InChI=1S/C31H34N4O4/c1-34(19-24(20-37)25(13-18-36)23-9-3-2-4-10-23)22-31(39)16-17-35(21-30(31)14-7-8-15-30)29(38)28-26-11-5-6-12-27(26)32-33-28/h2-6,9-13,18-20,39H,7-8,14-17,21-22H2,1H3,(H,32,33)/b24-19-,25-13-. The summed E-state index contributed by atoms with van der Waals surface area (Å²) in [5.74, 6) is -0.122. The number of likely N-dealkylation sites (N-methyl/N-ethyl adjacent to an activating group) is 1. The lowest BCUT2D eigenvalue weighted by molar-refractivity contribution is -0.133. The third-order valence-electron chi connectivity index (χ3n) is 8.42. The van der Waals surface area contributed by atoms with Crippen molar-refractivity contribution >= 4 is 35.0 Å². The summed E-state index contributed by atoms with van der Waals surface area (Å²) in [7, 11) is 1.83. The molecule has 3 aromatic rings. The van der Waals surface area contributed by atoms with Crippen molar-refractivity contribution in [1.82, 2.24) is 20.0 Å². The molecule has 1 saturated carbocycles. The van der Waals surface area contributed by atoms with Crippen LogP contribution in [0.25, 0.3) is 16.5 Å². The van der Waals surface area contributed by atoms with Gasteiger partial charge in [-0.25, -0.2) is 0 Å². The van der Waals surface area contributed by atoms with E-state index in [0.29, 0.717) is 49.2 Å². The van der Waals surface area contributed by atoms with Crippen molar-refractivity contribution in [3.05, 3.63) is 83.7 Å². The van der Waals surface area contributed by atoms with Crippen molar-refractivity contribution in [3.8, 4) is 0 Å². The fourth-order valence-electron chi connectivity index (χ4n) is 6.45. The first-order chi connectivity index (χ1) is 18.9. The van der Waals surface area contributed by atoms with E-state index in [1.165, 1.54) is 6.08 Å². The summed E-state index contributed by atoms with van der Waals surface area (Å²) in [5.41, 5.74) is 1.39. The summed E-state index contributed by atoms with van der Waals surface area (Å²) in [5, 5.41) is 20.2. The van der Waals surface area contributed by atoms with Crippen LogP contribution in [-0.4, -0.2) is 75.9 Å². The number of carbonyl (C=O) groups is 3. The minimum atomic E-state index is -1.05. The number of H-pyrrole nitrogens is 1. The molecule has 1 aliphatic carbocycles. The van der Waals surface area contributed by atoms with Crippen LogP contribution in [0.5, 0.6) is 0 Å². The second-order valence-corrected chi connectivity index (χ2v) is 10.8. The van der Waals surface area contributed by atoms with Crippen molar-refractivity contribution in [2.75, 3.05) is 26.7 Å². The van der Waals surface area contributed by atoms with E-state index in [4.69, 9.17) is 0 Å². The molecule has 8 nitrogen and oxygen atoms in total. The second-order valence-electron chi connectivity index (χ2n) is 10.8. The highest BCUT2D eigenvalue weighted by Crippen LogP contribution is 2.51. The predicted octanol–water partition coefficient (Wildman–Crippen LogP) is 4.00. The van der Waals surface area contributed by atoms with Crippen LogP contribution in [0.3, 0.4) is 0 Å². The van der Waals surface area contributed by atoms with E-state index >= 15 is 0 Å². The third-order valence-corrected chi connectivity index (χ3v) is 8.42. The molecule has 1 aliphatic heterocycles. The maximum Gasteiger partial charge on any atom is 0.275 e. The molecule has 1 atom stereocenters. The van der Waals surface area contributed by atoms with Crippen LogP contribution in [0.15, 0.2) is 72.4 Å². The van der Waals surface area contributed by atoms with Crippen molar-refractivity contribution in [2.45, 2.75) is 37.7 Å². The SMILES string of the molecule is CN(/C=C(C=O)\C(=C/C=O)c1ccccc1)CC1(O)CCN(C(=O)c2n[nH]c3ccccc23)CC12CCCC2. The zero-order valence-corrected chi connectivity index (χ0v) is 22.2. The summed E-state index contributed by atoms with van der Waals surface area (Å²) < 4.78 is 0. The highest BCUT2D eigenvalue weighted by molar-refractivity contribution is 6.04. The quantitative estimate of drug-likeness (QED) is 0.261. The number of likely N-dealkylation sites (tertiary alicyclic amines) is 1. The Labute approximate surface area is 228 Å². The Morgan fingerprint density at radius 2 is 1.79 bits per heavy atom. The highest BCUT2D eigenvalue weighted by atomic mass is 16.3. The van der Waals surface area contributed by atoms with Crippen LogP contribution < -0.4 is 0 Å². The number of piperidine rings is 1. The van der Waals surface area contributed by atoms with Gasteiger partial charge in [0.15, 0.2) is 12.0 Å². The fraction of sp³-hybridized carbons (Fsp3) is 0.355. The van der Waals surface area contributed by atoms with Gasteiger partial charge in [-0.15, -0.1) is 0 Å². The number of carbonyl (C=O) groups excluding carboxylic acids is 3. The number of rotatable bonds is 8. The summed E-state index contributed by atoms with van der Waals surface area (Å²) >= 11 is 0. The number of aromatic nitrogens is 2. The van der Waals surface area contributed by atoms with E-state index in [0.717, 1.165) is 48.4 Å². The molecule has 2 aliphatic rings. The number of nitrogens with zero attached hydrogens (tertiary/aromatic N) is 3. The molecule has 2 fully saturated rings. The number of allylic oxidation sites excluding steroid dienone is 3. The van der Waals surface area contributed by atoms with Gasteiger partial charge in [0.1, 0.15) is 6.29 Å². The molecular formula is C31H34N4O4. The van der Waals surface area contributed by atoms with E-state index < -0.39 is 11.0 Å². The number of hydrogen-bond donors (Lipinski definition) is 2. The van der Waals surface area contributed by atoms with Crippen LogP contribution >= 0.6 is 0 Å². The molecule has 1 unspecified atom stereocenters. The van der Waals surface area contributed by atoms with Crippen molar-refractivity contribution in [3.63, 3.8) is 0 Å². The first-order valence-electron chi connectivity index (χ1n) is 13.4. The van der Waals surface area contributed by atoms with Gasteiger partial charge in [0.05, 0.1) is 11.1 Å². The molecule has 1 aromatic heterocycles. The lowest BCUT2D eigenvalue weighted by Gasteiger charge is -2.53. The Morgan fingerprint density at radius 3 is 2.51 bits per heavy atom. The maximum atomic E-state index is 13.6. The summed E-state index contributed by atoms with van der Waals surface area (Å²) in [4.78, 5) is 40.7. The van der Waals surface area contributed by atoms with Gasteiger partial charge in [0, 0.05) is 49.3 Å². The lowest BCUT2D eigenvalue weighted by atomic mass is 9.65. The molecule has 0 radical (unpaired) electrons. The van der Waals surface area contributed by atoms with Gasteiger partial charge in [0.25, 0.3) is 5.91 Å². The molecule has 5 rings (SSSR count). The average molecular weight is 527 g/mol. The van der Waals surface area contributed by atoms with E-state index in [-0.39, 0.29) is 5.91 Å². The molecule has 8 heteroatoms. The largest absolute Gasteiger partial charge is 0.387 e. The molecule has 2 heterocycles. The number of hydrogen-bond acceptors (Lipinski definition) is 6. The van der Waals surface area contributed by atoms with Crippen LogP contribution in [-0.2, 0) is 9.59 Å². The van der Waals surface area contributed by atoms with Gasteiger partial charge in [0.2, 0.25) is 0 Å². The molecule has 39 heavy (non-hydrogen) atoms. The average Bonchev–Trinajstić information content (AvgIpc) is 3.61. The first-order valence-corrected chi connectivity index (χ1v) is 13.4. The molecule has 202 valence electrons. The summed E-state index contributed by atoms with van der Waals surface area (Å²) in [6, 6.07) is 16.9. The molecule has 2 N–H and O–H groups in total. The summed E-state index contributed by atoms with van der Waals surface area (Å²) in [6.07, 6.45) is 8.57. The third kappa shape index (κ3) is 5.04. The highest BCUT2D eigenvalue weighted by Gasteiger charge is 2.55. The van der Waals surface area contributed by atoms with E-state index in [1.807, 2.05) is 71.4 Å². The van der Waals surface area contributed by atoms with Gasteiger partial charge < -0.3 is 14.9 Å². The van der Waals surface area contributed by atoms with Crippen molar-refractivity contribution in [1.29, 1.82) is 0 Å². The topological polar surface area (TPSA) is 107 Å². The van der Waals surface area contributed by atoms with Crippen LogP contribution in [0, 0.1) is 5.41 Å². The number of aromatic amines is 1. The first kappa shape index (κ1) is 26.6. The lowest BCUT2D eigenvalue weighted by Crippen LogP contribution is -2.63. The number of aliphatic hydroxyl groups is 1. The Bertz CT molecular complexity index is 1420. The minimum absolute atomic E-state index is 0.122. The Balaban J connectivity index is 1.38. The van der Waals surface area contributed by atoms with Gasteiger partial charge in [-0.3, -0.25) is 19.5 Å². The van der Waals surface area contributed by atoms with E-state index in [9.17, 15) is 19.5 Å². The smallest absolute Gasteiger partial charge is 0.275 e. The van der Waals surface area contributed by atoms with Gasteiger partial charge in [-0.05, 0) is 42.5 Å². The Hall–Kier alpha value is -4.04. The van der Waals surface area contributed by atoms with Gasteiger partial charge >= 0.3 is 0 Å². The number of nitrogens with one attached hydrogen (secondary N) is 1. The molecular weight excluding hydrogens is 492 g/mol. The number of fused-ring (bicyclic) bond motifs is 1. The van der Waals surface area contributed by atoms with Gasteiger partial charge in [-0.2, -0.15) is 5.10 Å². The van der Waals surface area contributed by atoms with Crippen molar-refractivity contribution in [2.24, 2.45) is 5.41 Å². The monoisotopic (exact) mass is 526 g/mol. The molecule has 1 spiro atoms.